The van der Waals surface area contributed by atoms with Gasteiger partial charge >= 0.3 is 0 Å². The highest BCUT2D eigenvalue weighted by atomic mass is 16.6. The van der Waals surface area contributed by atoms with Gasteiger partial charge in [0.15, 0.2) is 11.6 Å². The molecule has 6 heteroatoms. The lowest BCUT2D eigenvalue weighted by Gasteiger charge is -2.44. The van der Waals surface area contributed by atoms with Crippen LogP contribution in [0.4, 0.5) is 0 Å². The Morgan fingerprint density at radius 2 is 2.00 bits per heavy atom. The predicted molar refractivity (Wildman–Crippen MR) is 99.3 cm³/mol. The third kappa shape index (κ3) is 2.14. The summed E-state index contributed by atoms with van der Waals surface area (Å²) in [6.45, 7) is 4.30. The Kier molecular flexibility index (Phi) is 3.86. The molecule has 2 N–H and O–H groups in total. The number of fused-ring (bicyclic) bond motifs is 2. The van der Waals surface area contributed by atoms with E-state index in [1.807, 2.05) is 6.92 Å². The van der Waals surface area contributed by atoms with Crippen LogP contribution >= 0.6 is 0 Å². The first-order chi connectivity index (χ1) is 13.4. The Labute approximate surface area is 163 Å². The summed E-state index contributed by atoms with van der Waals surface area (Å²) in [5.74, 6) is -1.13. The van der Waals surface area contributed by atoms with E-state index < -0.39 is 29.5 Å². The molecule has 28 heavy (non-hydrogen) atoms. The van der Waals surface area contributed by atoms with Crippen LogP contribution in [-0.4, -0.2) is 52.3 Å². The minimum absolute atomic E-state index is 0.0286. The van der Waals surface area contributed by atoms with Crippen molar-refractivity contribution in [3.05, 3.63) is 40.5 Å². The summed E-state index contributed by atoms with van der Waals surface area (Å²) >= 11 is 0. The molecule has 4 aliphatic rings. The second kappa shape index (κ2) is 5.99. The first-order valence-corrected chi connectivity index (χ1v) is 10.1. The molecule has 1 heterocycles. The lowest BCUT2D eigenvalue weighted by molar-refractivity contribution is -0.000317. The van der Waals surface area contributed by atoms with E-state index in [-0.39, 0.29) is 34.3 Å². The first-order valence-electron chi connectivity index (χ1n) is 10.1. The van der Waals surface area contributed by atoms with Crippen LogP contribution < -0.4 is 0 Å². The maximum Gasteiger partial charge on any atom is 0.196 e. The van der Waals surface area contributed by atoms with Gasteiger partial charge in [0.1, 0.15) is 23.6 Å². The number of phenols is 1. The molecular weight excluding hydrogens is 360 g/mol. The number of carbonyl (C=O) groups is 2. The molecule has 6 nitrogen and oxygen atoms in total. The topological polar surface area (TPSA) is 96.4 Å². The van der Waals surface area contributed by atoms with Gasteiger partial charge < -0.3 is 19.7 Å². The number of phenolic OH excluding ortho intramolecular Hbond substituents is 1. The molecule has 0 bridgehead atoms. The van der Waals surface area contributed by atoms with E-state index in [1.54, 1.807) is 12.1 Å². The molecule has 0 aromatic heterocycles. The summed E-state index contributed by atoms with van der Waals surface area (Å²) < 4.78 is 12.1. The highest BCUT2D eigenvalue weighted by Gasteiger charge is 2.73. The van der Waals surface area contributed by atoms with E-state index >= 15 is 0 Å². The van der Waals surface area contributed by atoms with E-state index in [4.69, 9.17) is 9.47 Å². The zero-order valence-corrected chi connectivity index (χ0v) is 16.0. The number of aromatic hydroxyl groups is 1. The highest BCUT2D eigenvalue weighted by Crippen LogP contribution is 2.63. The summed E-state index contributed by atoms with van der Waals surface area (Å²) in [6.07, 6.45) is 0.532. The molecule has 2 fully saturated rings. The van der Waals surface area contributed by atoms with Gasteiger partial charge in [0.2, 0.25) is 0 Å². The van der Waals surface area contributed by atoms with Crippen molar-refractivity contribution in [3.8, 4) is 5.75 Å². The molecule has 1 saturated carbocycles. The van der Waals surface area contributed by atoms with Gasteiger partial charge in [-0.05, 0) is 31.7 Å². The lowest BCUT2D eigenvalue weighted by atomic mass is 9.59. The van der Waals surface area contributed by atoms with Crippen LogP contribution in [-0.2, 0) is 9.47 Å². The van der Waals surface area contributed by atoms with Crippen molar-refractivity contribution in [2.75, 3.05) is 6.61 Å². The SMILES string of the molecule is CCO[C@@H]1C2=C(C(=O)c3cccc(O)c3C2=O)C2[C@@H](O)C[C@@H](CC)C[C@@]23O[C@@H]13. The van der Waals surface area contributed by atoms with Gasteiger partial charge in [-0.1, -0.05) is 25.5 Å². The molecular formula is C22H24O6. The second-order valence-electron chi connectivity index (χ2n) is 8.31. The number of aliphatic hydroxyl groups is 1. The van der Waals surface area contributed by atoms with E-state index in [0.29, 0.717) is 24.5 Å². The van der Waals surface area contributed by atoms with Crippen molar-refractivity contribution in [2.45, 2.75) is 57.0 Å². The summed E-state index contributed by atoms with van der Waals surface area (Å²) in [5, 5.41) is 21.3. The highest BCUT2D eigenvalue weighted by molar-refractivity contribution is 6.28. The van der Waals surface area contributed by atoms with E-state index in [0.717, 1.165) is 12.8 Å². The number of epoxide rings is 1. The minimum atomic E-state index is -0.744. The molecule has 148 valence electrons. The molecule has 0 radical (unpaired) electrons. The summed E-state index contributed by atoms with van der Waals surface area (Å²) in [4.78, 5) is 26.8. The summed E-state index contributed by atoms with van der Waals surface area (Å²) in [5.41, 5.74) is 0.176. The Bertz CT molecular complexity index is 918. The van der Waals surface area contributed by atoms with Gasteiger partial charge in [0, 0.05) is 29.2 Å². The van der Waals surface area contributed by atoms with E-state index in [9.17, 15) is 19.8 Å². The molecule has 3 aliphatic carbocycles. The standard InChI is InChI=1S/C22H24O6/c1-3-10-8-13(24)17-15-16(20(27-4-2)21-22(17,9-10)28-21)19(26)14-11(18(15)25)6-5-7-12(14)23/h5-7,10,13,17,20-21,23-24H,3-4,8-9H2,1-2H3/t10-,13+,17?,20-,21+,22-/m1/s1. The fourth-order valence-electron chi connectivity index (χ4n) is 5.73. The predicted octanol–water partition coefficient (Wildman–Crippen LogP) is 2.42. The molecule has 1 aromatic rings. The Morgan fingerprint density at radius 3 is 2.71 bits per heavy atom. The molecule has 0 amide bonds. The zero-order valence-electron chi connectivity index (χ0n) is 16.0. The number of Topliss-reactive ketones (excluding diaryl/α,β-unsaturated/α-hetero) is 2. The maximum absolute atomic E-state index is 13.5. The van der Waals surface area contributed by atoms with Crippen molar-refractivity contribution in [2.24, 2.45) is 11.8 Å². The Hall–Kier alpha value is -2.02. The van der Waals surface area contributed by atoms with Gasteiger partial charge in [0.25, 0.3) is 0 Å². The number of aliphatic hydroxyl groups excluding tert-OH is 1. The molecule has 1 aromatic carbocycles. The van der Waals surface area contributed by atoms with Crippen LogP contribution in [0.2, 0.25) is 0 Å². The largest absolute Gasteiger partial charge is 0.507 e. The third-order valence-electron chi connectivity index (χ3n) is 6.95. The van der Waals surface area contributed by atoms with Gasteiger partial charge in [-0.15, -0.1) is 0 Å². The van der Waals surface area contributed by atoms with Crippen LogP contribution in [0.3, 0.4) is 0 Å². The number of hydrogen-bond acceptors (Lipinski definition) is 6. The van der Waals surface area contributed by atoms with E-state index in [2.05, 4.69) is 6.92 Å². The van der Waals surface area contributed by atoms with Gasteiger partial charge in [-0.25, -0.2) is 0 Å². The number of ketones is 2. The quantitative estimate of drug-likeness (QED) is 0.777. The number of rotatable bonds is 3. The summed E-state index contributed by atoms with van der Waals surface area (Å²) in [7, 11) is 0. The Morgan fingerprint density at radius 1 is 1.21 bits per heavy atom. The van der Waals surface area contributed by atoms with Crippen LogP contribution in [0.1, 0.15) is 53.8 Å². The average molecular weight is 384 g/mol. The normalized spacial score (nSPS) is 38.5. The number of carbonyl (C=O) groups excluding carboxylic acids is 2. The van der Waals surface area contributed by atoms with Crippen molar-refractivity contribution in [1.82, 2.24) is 0 Å². The smallest absolute Gasteiger partial charge is 0.196 e. The molecule has 5 rings (SSSR count). The molecule has 6 atom stereocenters. The van der Waals surface area contributed by atoms with E-state index in [1.165, 1.54) is 6.07 Å². The minimum Gasteiger partial charge on any atom is -0.507 e. The van der Waals surface area contributed by atoms with Gasteiger partial charge in [-0.2, -0.15) is 0 Å². The fourth-order valence-corrected chi connectivity index (χ4v) is 5.73. The van der Waals surface area contributed by atoms with Gasteiger partial charge in [-0.3, -0.25) is 9.59 Å². The molecule has 1 unspecified atom stereocenters. The average Bonchev–Trinajstić information content (AvgIpc) is 3.38. The molecule has 1 spiro atoms. The van der Waals surface area contributed by atoms with Crippen molar-refractivity contribution >= 4 is 11.6 Å². The van der Waals surface area contributed by atoms with Crippen LogP contribution in [0.25, 0.3) is 0 Å². The number of ether oxygens (including phenoxy) is 2. The molecule has 1 aliphatic heterocycles. The fraction of sp³-hybridized carbons (Fsp3) is 0.545. The second-order valence-corrected chi connectivity index (χ2v) is 8.31. The number of hydrogen-bond donors (Lipinski definition) is 2. The van der Waals surface area contributed by atoms with Crippen molar-refractivity contribution in [1.29, 1.82) is 0 Å². The van der Waals surface area contributed by atoms with Crippen LogP contribution in [0.5, 0.6) is 5.75 Å². The Balaban J connectivity index is 1.71. The maximum atomic E-state index is 13.5. The lowest BCUT2D eigenvalue weighted by Crippen LogP contribution is -2.53. The molecule has 1 saturated heterocycles. The summed E-state index contributed by atoms with van der Waals surface area (Å²) in [6, 6.07) is 4.53. The van der Waals surface area contributed by atoms with Gasteiger partial charge in [0.05, 0.1) is 11.7 Å². The van der Waals surface area contributed by atoms with Crippen molar-refractivity contribution in [3.63, 3.8) is 0 Å². The van der Waals surface area contributed by atoms with Crippen molar-refractivity contribution < 1.29 is 29.3 Å². The third-order valence-corrected chi connectivity index (χ3v) is 6.95. The first kappa shape index (κ1) is 18.0. The zero-order chi connectivity index (χ0) is 19.8. The monoisotopic (exact) mass is 384 g/mol. The van der Waals surface area contributed by atoms with Crippen LogP contribution in [0, 0.1) is 11.8 Å². The van der Waals surface area contributed by atoms with Crippen LogP contribution in [0.15, 0.2) is 29.3 Å². The number of benzene rings is 1.